The molecule has 0 amide bonds. The maximum Gasteiger partial charge on any atom is 0.161 e. The highest BCUT2D eigenvalue weighted by atomic mass is 79.9. The molecule has 1 heterocycles. The third kappa shape index (κ3) is 3.53. The number of hydrogen-bond acceptors (Lipinski definition) is 4. The van der Waals surface area contributed by atoms with Crippen molar-refractivity contribution in [1.29, 1.82) is 0 Å². The summed E-state index contributed by atoms with van der Waals surface area (Å²) in [5.74, 6) is 2.69. The summed E-state index contributed by atoms with van der Waals surface area (Å²) >= 11 is 3.57. The van der Waals surface area contributed by atoms with Crippen LogP contribution in [0.2, 0.25) is 0 Å². The highest BCUT2D eigenvalue weighted by Gasteiger charge is 2.15. The lowest BCUT2D eigenvalue weighted by Crippen LogP contribution is -2.04. The Morgan fingerprint density at radius 3 is 2.38 bits per heavy atom. The highest BCUT2D eigenvalue weighted by Crippen LogP contribution is 2.31. The molecule has 2 aromatic rings. The fourth-order valence-corrected chi connectivity index (χ4v) is 2.84. The monoisotopic (exact) mass is 349 g/mol. The summed E-state index contributed by atoms with van der Waals surface area (Å²) in [5, 5.41) is 3.11. The van der Waals surface area contributed by atoms with Gasteiger partial charge in [-0.25, -0.2) is 9.97 Å². The molecule has 0 saturated heterocycles. The predicted molar refractivity (Wildman–Crippen MR) is 90.0 cm³/mol. The van der Waals surface area contributed by atoms with Gasteiger partial charge in [-0.15, -0.1) is 0 Å². The SMILES string of the molecule is CCOc1ccc(-c2nc(NC)c(Br)c(C(C)C)n2)cc1. The van der Waals surface area contributed by atoms with Crippen LogP contribution in [0.5, 0.6) is 5.75 Å². The molecule has 0 aliphatic carbocycles. The average molecular weight is 350 g/mol. The second-order valence-corrected chi connectivity index (χ2v) is 5.75. The van der Waals surface area contributed by atoms with Crippen LogP contribution in [0, 0.1) is 0 Å². The van der Waals surface area contributed by atoms with Crippen molar-refractivity contribution < 1.29 is 4.74 Å². The molecule has 1 aromatic carbocycles. The zero-order valence-corrected chi connectivity index (χ0v) is 14.4. The summed E-state index contributed by atoms with van der Waals surface area (Å²) in [5.41, 5.74) is 1.97. The fraction of sp³-hybridized carbons (Fsp3) is 0.375. The van der Waals surface area contributed by atoms with Crippen LogP contribution in [0.15, 0.2) is 28.7 Å². The van der Waals surface area contributed by atoms with E-state index in [1.54, 1.807) is 0 Å². The number of ether oxygens (including phenoxy) is 1. The van der Waals surface area contributed by atoms with Crippen LogP contribution >= 0.6 is 15.9 Å². The van der Waals surface area contributed by atoms with E-state index in [0.29, 0.717) is 18.3 Å². The second-order valence-electron chi connectivity index (χ2n) is 4.96. The molecule has 0 spiro atoms. The van der Waals surface area contributed by atoms with Crippen molar-refractivity contribution in [1.82, 2.24) is 9.97 Å². The molecule has 1 N–H and O–H groups in total. The van der Waals surface area contributed by atoms with E-state index in [0.717, 1.165) is 27.3 Å². The van der Waals surface area contributed by atoms with Crippen molar-refractivity contribution in [2.75, 3.05) is 19.0 Å². The van der Waals surface area contributed by atoms with E-state index in [1.165, 1.54) is 0 Å². The second kappa shape index (κ2) is 6.89. The molecule has 4 nitrogen and oxygen atoms in total. The number of nitrogens with one attached hydrogen (secondary N) is 1. The predicted octanol–water partition coefficient (Wildman–Crippen LogP) is 4.47. The van der Waals surface area contributed by atoms with Gasteiger partial charge >= 0.3 is 0 Å². The first-order chi connectivity index (χ1) is 10.1. The van der Waals surface area contributed by atoms with Gasteiger partial charge in [-0.1, -0.05) is 13.8 Å². The number of nitrogens with zero attached hydrogens (tertiary/aromatic N) is 2. The van der Waals surface area contributed by atoms with Gasteiger partial charge in [0.25, 0.3) is 0 Å². The van der Waals surface area contributed by atoms with E-state index in [-0.39, 0.29) is 0 Å². The Kier molecular flexibility index (Phi) is 5.17. The number of halogens is 1. The first-order valence-electron chi connectivity index (χ1n) is 7.05. The smallest absolute Gasteiger partial charge is 0.161 e. The summed E-state index contributed by atoms with van der Waals surface area (Å²) in [7, 11) is 1.86. The average Bonchev–Trinajstić information content (AvgIpc) is 2.48. The highest BCUT2D eigenvalue weighted by molar-refractivity contribution is 9.10. The third-order valence-corrected chi connectivity index (χ3v) is 3.87. The molecular formula is C16H20BrN3O. The number of hydrogen-bond donors (Lipinski definition) is 1. The molecule has 0 fully saturated rings. The molecule has 0 atom stereocenters. The van der Waals surface area contributed by atoms with Gasteiger partial charge in [-0.2, -0.15) is 0 Å². The first kappa shape index (κ1) is 15.8. The Morgan fingerprint density at radius 2 is 1.86 bits per heavy atom. The van der Waals surface area contributed by atoms with Gasteiger partial charge in [0.15, 0.2) is 5.82 Å². The van der Waals surface area contributed by atoms with Crippen molar-refractivity contribution >= 4 is 21.7 Å². The van der Waals surface area contributed by atoms with Crippen molar-refractivity contribution in [2.45, 2.75) is 26.7 Å². The van der Waals surface area contributed by atoms with Gasteiger partial charge in [0.2, 0.25) is 0 Å². The molecule has 0 saturated carbocycles. The third-order valence-electron chi connectivity index (χ3n) is 3.08. The molecule has 112 valence electrons. The normalized spacial score (nSPS) is 10.8. The Balaban J connectivity index is 2.45. The molecular weight excluding hydrogens is 330 g/mol. The summed E-state index contributed by atoms with van der Waals surface area (Å²) in [6, 6.07) is 7.85. The van der Waals surface area contributed by atoms with E-state index >= 15 is 0 Å². The fourth-order valence-electron chi connectivity index (χ4n) is 2.01. The standard InChI is InChI=1S/C16H20BrN3O/c1-5-21-12-8-6-11(7-9-12)15-19-14(10(2)3)13(17)16(18-4)20-15/h6-10H,5H2,1-4H3,(H,18,19,20). The van der Waals surface area contributed by atoms with Crippen molar-refractivity contribution in [3.63, 3.8) is 0 Å². The van der Waals surface area contributed by atoms with E-state index in [4.69, 9.17) is 4.74 Å². The van der Waals surface area contributed by atoms with Gasteiger partial charge in [-0.05, 0) is 53.0 Å². The number of anilines is 1. The maximum absolute atomic E-state index is 5.46. The Bertz CT molecular complexity index is 612. The summed E-state index contributed by atoms with van der Waals surface area (Å²) in [6.45, 7) is 6.87. The summed E-state index contributed by atoms with van der Waals surface area (Å²) in [6.07, 6.45) is 0. The Labute approximate surface area is 134 Å². The topological polar surface area (TPSA) is 47.0 Å². The van der Waals surface area contributed by atoms with Crippen molar-refractivity contribution in [3.8, 4) is 17.1 Å². The van der Waals surface area contributed by atoms with Crippen molar-refractivity contribution in [3.05, 3.63) is 34.4 Å². The lowest BCUT2D eigenvalue weighted by atomic mass is 10.1. The van der Waals surface area contributed by atoms with E-state index in [9.17, 15) is 0 Å². The minimum Gasteiger partial charge on any atom is -0.494 e. The first-order valence-corrected chi connectivity index (χ1v) is 7.84. The van der Waals surface area contributed by atoms with E-state index < -0.39 is 0 Å². The van der Waals surface area contributed by atoms with Gasteiger partial charge in [0.1, 0.15) is 11.6 Å². The molecule has 0 aliphatic heterocycles. The van der Waals surface area contributed by atoms with Crippen LogP contribution in [0.3, 0.4) is 0 Å². The molecule has 1 aromatic heterocycles. The van der Waals surface area contributed by atoms with Crippen LogP contribution < -0.4 is 10.1 Å². The minimum absolute atomic E-state index is 0.316. The van der Waals surface area contributed by atoms with Gasteiger partial charge in [0.05, 0.1) is 16.8 Å². The van der Waals surface area contributed by atoms with Gasteiger partial charge < -0.3 is 10.1 Å². The lowest BCUT2D eigenvalue weighted by Gasteiger charge is -2.13. The van der Waals surface area contributed by atoms with E-state index in [2.05, 4.69) is 45.1 Å². The lowest BCUT2D eigenvalue weighted by molar-refractivity contribution is 0.340. The molecule has 0 bridgehead atoms. The molecule has 2 rings (SSSR count). The zero-order valence-electron chi connectivity index (χ0n) is 12.8. The van der Waals surface area contributed by atoms with E-state index in [1.807, 2.05) is 38.2 Å². The summed E-state index contributed by atoms with van der Waals surface area (Å²) in [4.78, 5) is 9.26. The van der Waals surface area contributed by atoms with Crippen LogP contribution in [-0.2, 0) is 0 Å². The Morgan fingerprint density at radius 1 is 1.19 bits per heavy atom. The number of aromatic nitrogens is 2. The number of benzene rings is 1. The molecule has 0 radical (unpaired) electrons. The van der Waals surface area contributed by atoms with Crippen LogP contribution in [0.4, 0.5) is 5.82 Å². The molecule has 0 unspecified atom stereocenters. The van der Waals surface area contributed by atoms with Crippen LogP contribution in [0.25, 0.3) is 11.4 Å². The van der Waals surface area contributed by atoms with Gasteiger partial charge in [0, 0.05) is 12.6 Å². The molecule has 21 heavy (non-hydrogen) atoms. The van der Waals surface area contributed by atoms with Crippen molar-refractivity contribution in [2.24, 2.45) is 0 Å². The van der Waals surface area contributed by atoms with Crippen LogP contribution in [-0.4, -0.2) is 23.6 Å². The Hall–Kier alpha value is -1.62. The quantitative estimate of drug-likeness (QED) is 0.864. The van der Waals surface area contributed by atoms with Gasteiger partial charge in [-0.3, -0.25) is 0 Å². The summed E-state index contributed by atoms with van der Waals surface area (Å²) < 4.78 is 6.39. The maximum atomic E-state index is 5.46. The number of rotatable bonds is 5. The molecule has 5 heteroatoms. The largest absolute Gasteiger partial charge is 0.494 e. The zero-order chi connectivity index (χ0) is 15.4. The van der Waals surface area contributed by atoms with Crippen LogP contribution in [0.1, 0.15) is 32.4 Å². The molecule has 0 aliphatic rings. The minimum atomic E-state index is 0.316.